The summed E-state index contributed by atoms with van der Waals surface area (Å²) < 4.78 is 5.32. The van der Waals surface area contributed by atoms with Gasteiger partial charge in [0.05, 0.1) is 0 Å². The van der Waals surface area contributed by atoms with Crippen LogP contribution in [-0.4, -0.2) is 0 Å². The number of allylic oxidation sites excluding steroid dienone is 2. The highest BCUT2D eigenvalue weighted by Crippen LogP contribution is 2.40. The van der Waals surface area contributed by atoms with Crippen LogP contribution in [0.15, 0.2) is 22.3 Å². The standard InChI is InChI=1S/C9H14OS.C2H6/c1-6(2)5-9-7(3)10-8(4)11-9;1-2/h6H,4-5H2,1-3H3;1-2H3. The van der Waals surface area contributed by atoms with Crippen molar-refractivity contribution in [2.45, 2.75) is 41.0 Å². The first-order chi connectivity index (χ1) is 6.09. The van der Waals surface area contributed by atoms with Crippen LogP contribution in [0.1, 0.15) is 41.0 Å². The Morgan fingerprint density at radius 3 is 2.23 bits per heavy atom. The molecule has 1 aliphatic heterocycles. The number of rotatable bonds is 2. The Labute approximate surface area is 86.2 Å². The molecule has 0 amide bonds. The molecule has 0 saturated heterocycles. The lowest BCUT2D eigenvalue weighted by Gasteiger charge is -2.02. The van der Waals surface area contributed by atoms with Crippen molar-refractivity contribution in [2.75, 3.05) is 0 Å². The van der Waals surface area contributed by atoms with Crippen molar-refractivity contribution in [3.05, 3.63) is 22.3 Å². The summed E-state index contributed by atoms with van der Waals surface area (Å²) in [5, 5.41) is 0.818. The highest BCUT2D eigenvalue weighted by atomic mass is 32.2. The fraction of sp³-hybridized carbons (Fsp3) is 0.636. The van der Waals surface area contributed by atoms with Crippen LogP contribution < -0.4 is 0 Å². The van der Waals surface area contributed by atoms with E-state index in [0.717, 1.165) is 17.3 Å². The van der Waals surface area contributed by atoms with E-state index in [0.29, 0.717) is 5.92 Å². The van der Waals surface area contributed by atoms with Gasteiger partial charge in [0.25, 0.3) is 0 Å². The molecular weight excluding hydrogens is 180 g/mol. The average molecular weight is 200 g/mol. The van der Waals surface area contributed by atoms with Crippen molar-refractivity contribution in [2.24, 2.45) is 5.92 Å². The van der Waals surface area contributed by atoms with Crippen molar-refractivity contribution in [3.63, 3.8) is 0 Å². The molecule has 0 aromatic heterocycles. The number of ether oxygens (including phenoxy) is 1. The monoisotopic (exact) mass is 200 g/mol. The quantitative estimate of drug-likeness (QED) is 0.648. The molecule has 1 nitrogen and oxygen atoms in total. The fourth-order valence-electron chi connectivity index (χ4n) is 1.01. The lowest BCUT2D eigenvalue weighted by molar-refractivity contribution is 0.346. The van der Waals surface area contributed by atoms with E-state index >= 15 is 0 Å². The summed E-state index contributed by atoms with van der Waals surface area (Å²) in [4.78, 5) is 1.34. The molecule has 0 aromatic rings. The van der Waals surface area contributed by atoms with Gasteiger partial charge in [-0.2, -0.15) is 0 Å². The molecule has 1 aliphatic rings. The Hall–Kier alpha value is -0.370. The summed E-state index contributed by atoms with van der Waals surface area (Å²) in [6.07, 6.45) is 1.11. The molecule has 0 unspecified atom stereocenters. The van der Waals surface area contributed by atoms with Crippen LogP contribution in [0.3, 0.4) is 0 Å². The van der Waals surface area contributed by atoms with Gasteiger partial charge in [-0.25, -0.2) is 0 Å². The van der Waals surface area contributed by atoms with Gasteiger partial charge in [0.15, 0.2) is 5.09 Å². The van der Waals surface area contributed by atoms with E-state index < -0.39 is 0 Å². The smallest absolute Gasteiger partial charge is 0.157 e. The molecular formula is C11H20OS. The molecule has 0 spiro atoms. The maximum atomic E-state index is 5.32. The topological polar surface area (TPSA) is 9.23 Å². The first-order valence-electron chi connectivity index (χ1n) is 4.84. The molecule has 0 fully saturated rings. The van der Waals surface area contributed by atoms with Crippen molar-refractivity contribution < 1.29 is 4.74 Å². The third-order valence-electron chi connectivity index (χ3n) is 1.49. The first kappa shape index (κ1) is 12.6. The van der Waals surface area contributed by atoms with Crippen LogP contribution in [-0.2, 0) is 4.74 Å². The second-order valence-corrected chi connectivity index (χ2v) is 4.31. The number of hydrogen-bond donors (Lipinski definition) is 0. The zero-order valence-electron chi connectivity index (χ0n) is 9.31. The Kier molecular flexibility index (Phi) is 5.97. The first-order valence-corrected chi connectivity index (χ1v) is 5.65. The van der Waals surface area contributed by atoms with Gasteiger partial charge in [0.1, 0.15) is 5.76 Å². The summed E-state index contributed by atoms with van der Waals surface area (Å²) >= 11 is 1.66. The maximum absolute atomic E-state index is 5.32. The van der Waals surface area contributed by atoms with Gasteiger partial charge in [-0.15, -0.1) is 0 Å². The lowest BCUT2D eigenvalue weighted by Crippen LogP contribution is -1.87. The Morgan fingerprint density at radius 2 is 1.92 bits per heavy atom. The van der Waals surface area contributed by atoms with Gasteiger partial charge < -0.3 is 4.74 Å². The lowest BCUT2D eigenvalue weighted by atomic mass is 10.1. The largest absolute Gasteiger partial charge is 0.455 e. The maximum Gasteiger partial charge on any atom is 0.157 e. The molecule has 0 aromatic carbocycles. The van der Waals surface area contributed by atoms with E-state index in [9.17, 15) is 0 Å². The molecule has 0 saturated carbocycles. The zero-order valence-corrected chi connectivity index (χ0v) is 10.1. The van der Waals surface area contributed by atoms with Gasteiger partial charge in [-0.3, -0.25) is 0 Å². The summed E-state index contributed by atoms with van der Waals surface area (Å²) in [7, 11) is 0. The van der Waals surface area contributed by atoms with Crippen molar-refractivity contribution in [3.8, 4) is 0 Å². The zero-order chi connectivity index (χ0) is 10.4. The second kappa shape index (κ2) is 6.14. The van der Waals surface area contributed by atoms with E-state index in [2.05, 4.69) is 20.4 Å². The minimum absolute atomic E-state index is 0.696. The molecule has 0 aliphatic carbocycles. The van der Waals surface area contributed by atoms with Gasteiger partial charge in [0, 0.05) is 4.91 Å². The molecule has 76 valence electrons. The third-order valence-corrected chi connectivity index (χ3v) is 2.50. The highest BCUT2D eigenvalue weighted by Gasteiger charge is 2.17. The molecule has 13 heavy (non-hydrogen) atoms. The van der Waals surface area contributed by atoms with Crippen molar-refractivity contribution >= 4 is 11.8 Å². The summed E-state index contributed by atoms with van der Waals surface area (Å²) in [5.41, 5.74) is 0. The average Bonchev–Trinajstić information content (AvgIpc) is 2.33. The normalized spacial score (nSPS) is 15.7. The molecule has 1 rings (SSSR count). The molecule has 0 bridgehead atoms. The van der Waals surface area contributed by atoms with E-state index in [1.54, 1.807) is 11.8 Å². The molecule has 0 radical (unpaired) electrons. The van der Waals surface area contributed by atoms with Crippen molar-refractivity contribution in [1.82, 2.24) is 0 Å². The van der Waals surface area contributed by atoms with Crippen LogP contribution >= 0.6 is 11.8 Å². The molecule has 1 heterocycles. The van der Waals surface area contributed by atoms with Gasteiger partial charge in [-0.1, -0.05) is 39.5 Å². The molecule has 0 N–H and O–H groups in total. The summed E-state index contributed by atoms with van der Waals surface area (Å²) in [6, 6.07) is 0. The predicted octanol–water partition coefficient (Wildman–Crippen LogP) is 4.52. The Balaban J connectivity index is 0.000000671. The van der Waals surface area contributed by atoms with Gasteiger partial charge in [0.2, 0.25) is 0 Å². The van der Waals surface area contributed by atoms with E-state index in [1.165, 1.54) is 4.91 Å². The van der Waals surface area contributed by atoms with Crippen LogP contribution in [0.2, 0.25) is 0 Å². The van der Waals surface area contributed by atoms with Crippen LogP contribution in [0.5, 0.6) is 0 Å². The molecule has 2 heteroatoms. The Bertz CT molecular complexity index is 204. The predicted molar refractivity (Wildman–Crippen MR) is 61.3 cm³/mol. The third kappa shape index (κ3) is 4.41. The van der Waals surface area contributed by atoms with Gasteiger partial charge in [-0.05, 0) is 25.8 Å². The fourth-order valence-corrected chi connectivity index (χ4v) is 2.06. The molecule has 0 atom stereocenters. The van der Waals surface area contributed by atoms with Gasteiger partial charge >= 0.3 is 0 Å². The summed E-state index contributed by atoms with van der Waals surface area (Å²) in [5.74, 6) is 1.73. The minimum atomic E-state index is 0.696. The minimum Gasteiger partial charge on any atom is -0.455 e. The highest BCUT2D eigenvalue weighted by molar-refractivity contribution is 8.06. The van der Waals surface area contributed by atoms with E-state index in [4.69, 9.17) is 4.74 Å². The second-order valence-electron chi connectivity index (χ2n) is 3.15. The van der Waals surface area contributed by atoms with Crippen LogP contribution in [0, 0.1) is 5.92 Å². The van der Waals surface area contributed by atoms with E-state index in [-0.39, 0.29) is 0 Å². The van der Waals surface area contributed by atoms with E-state index in [1.807, 2.05) is 20.8 Å². The van der Waals surface area contributed by atoms with Crippen molar-refractivity contribution in [1.29, 1.82) is 0 Å². The number of thioether (sulfide) groups is 1. The van der Waals surface area contributed by atoms with Crippen LogP contribution in [0.25, 0.3) is 0 Å². The summed E-state index contributed by atoms with van der Waals surface area (Å²) in [6.45, 7) is 14.2. The SMILES string of the molecule is C=C1OC(C)=C(CC(C)C)S1.CC. The van der Waals surface area contributed by atoms with Crippen LogP contribution in [0.4, 0.5) is 0 Å². The Morgan fingerprint density at radius 1 is 1.38 bits per heavy atom. The number of hydrogen-bond acceptors (Lipinski definition) is 2.